The van der Waals surface area contributed by atoms with E-state index in [1.54, 1.807) is 0 Å². The van der Waals surface area contributed by atoms with Gasteiger partial charge in [-0.2, -0.15) is 5.26 Å². The first-order valence-corrected chi connectivity index (χ1v) is 7.52. The van der Waals surface area contributed by atoms with Crippen LogP contribution in [0.5, 0.6) is 0 Å². The van der Waals surface area contributed by atoms with Gasteiger partial charge in [-0.25, -0.2) is 4.98 Å². The molecule has 0 radical (unpaired) electrons. The Hall–Kier alpha value is -1.60. The van der Waals surface area contributed by atoms with Gasteiger partial charge in [0.15, 0.2) is 0 Å². The van der Waals surface area contributed by atoms with Crippen LogP contribution in [0.2, 0.25) is 0 Å². The van der Waals surface area contributed by atoms with E-state index in [0.717, 1.165) is 29.0 Å². The number of hydrogen-bond donors (Lipinski definition) is 1. The average Bonchev–Trinajstić information content (AvgIpc) is 2.72. The SMILES string of the molecule is CC(C)C1CCc2cc3c(N)c(C#N)sc3nc2C1. The summed E-state index contributed by atoms with van der Waals surface area (Å²) in [6.07, 6.45) is 3.37. The van der Waals surface area contributed by atoms with Crippen LogP contribution in [0.4, 0.5) is 5.69 Å². The second kappa shape index (κ2) is 4.50. The van der Waals surface area contributed by atoms with Gasteiger partial charge < -0.3 is 5.73 Å². The maximum Gasteiger partial charge on any atom is 0.130 e. The highest BCUT2D eigenvalue weighted by molar-refractivity contribution is 7.19. The number of nitrogen functional groups attached to an aromatic ring is 1. The third kappa shape index (κ3) is 1.98. The second-order valence-electron chi connectivity index (χ2n) is 5.65. The van der Waals surface area contributed by atoms with Gasteiger partial charge in [-0.3, -0.25) is 0 Å². The van der Waals surface area contributed by atoms with Gasteiger partial charge >= 0.3 is 0 Å². The summed E-state index contributed by atoms with van der Waals surface area (Å²) >= 11 is 1.41. The van der Waals surface area contributed by atoms with Gasteiger partial charge in [-0.05, 0) is 42.7 Å². The summed E-state index contributed by atoms with van der Waals surface area (Å²) in [7, 11) is 0. The van der Waals surface area contributed by atoms with E-state index < -0.39 is 0 Å². The molecule has 4 heteroatoms. The van der Waals surface area contributed by atoms with Gasteiger partial charge in [-0.1, -0.05) is 13.8 Å². The van der Waals surface area contributed by atoms with Gasteiger partial charge in [0.1, 0.15) is 15.8 Å². The van der Waals surface area contributed by atoms with Crippen LogP contribution >= 0.6 is 11.3 Å². The molecule has 3 rings (SSSR count). The molecule has 19 heavy (non-hydrogen) atoms. The zero-order valence-corrected chi connectivity index (χ0v) is 12.0. The van der Waals surface area contributed by atoms with Crippen molar-refractivity contribution in [3.8, 4) is 6.07 Å². The summed E-state index contributed by atoms with van der Waals surface area (Å²) in [5.41, 5.74) is 9.14. The monoisotopic (exact) mass is 271 g/mol. The number of anilines is 1. The fourth-order valence-electron chi connectivity index (χ4n) is 2.86. The summed E-state index contributed by atoms with van der Waals surface area (Å²) < 4.78 is 0. The average molecular weight is 271 g/mol. The van der Waals surface area contributed by atoms with E-state index in [0.29, 0.717) is 16.5 Å². The Kier molecular flexibility index (Phi) is 2.94. The molecule has 0 spiro atoms. The van der Waals surface area contributed by atoms with E-state index in [1.165, 1.54) is 29.0 Å². The first-order valence-electron chi connectivity index (χ1n) is 6.71. The predicted molar refractivity (Wildman–Crippen MR) is 79.1 cm³/mol. The van der Waals surface area contributed by atoms with Crippen molar-refractivity contribution < 1.29 is 0 Å². The highest BCUT2D eigenvalue weighted by atomic mass is 32.1. The second-order valence-corrected chi connectivity index (χ2v) is 6.65. The van der Waals surface area contributed by atoms with Crippen molar-refractivity contribution in [1.29, 1.82) is 5.26 Å². The summed E-state index contributed by atoms with van der Waals surface area (Å²) in [6.45, 7) is 4.57. The minimum absolute atomic E-state index is 0.588. The smallest absolute Gasteiger partial charge is 0.130 e. The molecule has 0 saturated heterocycles. The fourth-order valence-corrected chi connectivity index (χ4v) is 3.75. The molecule has 2 heterocycles. The molecule has 1 aliphatic rings. The molecule has 0 aromatic carbocycles. The van der Waals surface area contributed by atoms with E-state index in [-0.39, 0.29) is 0 Å². The summed E-state index contributed by atoms with van der Waals surface area (Å²) in [5, 5.41) is 10.0. The Morgan fingerprint density at radius 3 is 3.00 bits per heavy atom. The van der Waals surface area contributed by atoms with Crippen molar-refractivity contribution in [1.82, 2.24) is 4.98 Å². The molecule has 0 amide bonds. The molecule has 3 nitrogen and oxygen atoms in total. The Labute approximate surface area is 117 Å². The van der Waals surface area contributed by atoms with Crippen molar-refractivity contribution in [3.05, 3.63) is 22.2 Å². The molecule has 0 saturated carbocycles. The number of nitriles is 1. The molecule has 2 aromatic heterocycles. The van der Waals surface area contributed by atoms with Gasteiger partial charge in [-0.15, -0.1) is 11.3 Å². The first kappa shape index (κ1) is 12.4. The number of nitrogens with two attached hydrogens (primary N) is 1. The molecule has 98 valence electrons. The maximum atomic E-state index is 9.05. The zero-order chi connectivity index (χ0) is 13.6. The summed E-state index contributed by atoms with van der Waals surface area (Å²) in [6, 6.07) is 4.31. The zero-order valence-electron chi connectivity index (χ0n) is 11.2. The Morgan fingerprint density at radius 2 is 2.32 bits per heavy atom. The van der Waals surface area contributed by atoms with Crippen molar-refractivity contribution in [2.45, 2.75) is 33.1 Å². The Balaban J connectivity index is 2.10. The van der Waals surface area contributed by atoms with Gasteiger partial charge in [0.2, 0.25) is 0 Å². The highest BCUT2D eigenvalue weighted by Gasteiger charge is 2.24. The lowest BCUT2D eigenvalue weighted by atomic mass is 9.80. The summed E-state index contributed by atoms with van der Waals surface area (Å²) in [4.78, 5) is 6.27. The van der Waals surface area contributed by atoms with Crippen LogP contribution in [-0.4, -0.2) is 4.98 Å². The molecule has 2 aromatic rings. The van der Waals surface area contributed by atoms with E-state index in [2.05, 4.69) is 26.0 Å². The standard InChI is InChI=1S/C15H17N3S/c1-8(2)9-3-4-10-5-11-14(17)13(7-16)19-15(11)18-12(10)6-9/h5,8-9H,3-4,6,17H2,1-2H3. The minimum atomic E-state index is 0.588. The third-order valence-corrected chi connectivity index (χ3v) is 5.19. The fraction of sp³-hybridized carbons (Fsp3) is 0.467. The van der Waals surface area contributed by atoms with E-state index in [4.69, 9.17) is 16.0 Å². The molecule has 1 aliphatic carbocycles. The van der Waals surface area contributed by atoms with E-state index >= 15 is 0 Å². The van der Waals surface area contributed by atoms with Crippen LogP contribution in [0, 0.1) is 23.2 Å². The lowest BCUT2D eigenvalue weighted by Gasteiger charge is -2.26. The van der Waals surface area contributed by atoms with E-state index in [9.17, 15) is 0 Å². The molecule has 0 fully saturated rings. The number of hydrogen-bond acceptors (Lipinski definition) is 4. The normalized spacial score (nSPS) is 18.5. The molecular weight excluding hydrogens is 254 g/mol. The Bertz CT molecular complexity index is 679. The van der Waals surface area contributed by atoms with Crippen molar-refractivity contribution in [3.63, 3.8) is 0 Å². The molecular formula is C15H17N3S. The van der Waals surface area contributed by atoms with Crippen LogP contribution < -0.4 is 5.73 Å². The molecule has 2 N–H and O–H groups in total. The van der Waals surface area contributed by atoms with Crippen LogP contribution in [-0.2, 0) is 12.8 Å². The van der Waals surface area contributed by atoms with Crippen LogP contribution in [0.25, 0.3) is 10.2 Å². The third-order valence-electron chi connectivity index (χ3n) is 4.17. The number of rotatable bonds is 1. The molecule has 1 atom stereocenters. The van der Waals surface area contributed by atoms with Gasteiger partial charge in [0.25, 0.3) is 0 Å². The Morgan fingerprint density at radius 1 is 1.53 bits per heavy atom. The largest absolute Gasteiger partial charge is 0.396 e. The topological polar surface area (TPSA) is 62.7 Å². The van der Waals surface area contributed by atoms with Gasteiger partial charge in [0, 0.05) is 11.1 Å². The molecule has 1 unspecified atom stereocenters. The number of aryl methyl sites for hydroxylation is 1. The van der Waals surface area contributed by atoms with Crippen molar-refractivity contribution in [2.24, 2.45) is 11.8 Å². The predicted octanol–water partition coefficient (Wildman–Crippen LogP) is 3.51. The lowest BCUT2D eigenvalue weighted by Crippen LogP contribution is -2.20. The number of aromatic nitrogens is 1. The van der Waals surface area contributed by atoms with E-state index in [1.807, 2.05) is 0 Å². The number of pyridine rings is 1. The summed E-state index contributed by atoms with van der Waals surface area (Å²) in [5.74, 6) is 1.43. The number of thiophene rings is 1. The van der Waals surface area contributed by atoms with Crippen molar-refractivity contribution >= 4 is 27.2 Å². The maximum absolute atomic E-state index is 9.05. The van der Waals surface area contributed by atoms with Crippen molar-refractivity contribution in [2.75, 3.05) is 5.73 Å². The highest BCUT2D eigenvalue weighted by Crippen LogP contribution is 2.36. The number of fused-ring (bicyclic) bond motifs is 2. The first-order chi connectivity index (χ1) is 9.10. The van der Waals surface area contributed by atoms with Crippen LogP contribution in [0.1, 0.15) is 36.4 Å². The molecule has 0 aliphatic heterocycles. The van der Waals surface area contributed by atoms with Crippen LogP contribution in [0.3, 0.4) is 0 Å². The quantitative estimate of drug-likeness (QED) is 0.863. The minimum Gasteiger partial charge on any atom is -0.396 e. The number of nitrogens with zero attached hydrogens (tertiary/aromatic N) is 2. The van der Waals surface area contributed by atoms with Gasteiger partial charge in [0.05, 0.1) is 5.69 Å². The molecule has 0 bridgehead atoms. The van der Waals surface area contributed by atoms with Crippen LogP contribution in [0.15, 0.2) is 6.07 Å². The lowest BCUT2D eigenvalue weighted by molar-refractivity contribution is 0.339.